The van der Waals surface area contributed by atoms with Crippen LogP contribution in [0.3, 0.4) is 0 Å². The highest BCUT2D eigenvalue weighted by molar-refractivity contribution is 5.82. The first-order chi connectivity index (χ1) is 14.8. The van der Waals surface area contributed by atoms with Gasteiger partial charge in [-0.15, -0.1) is 0 Å². The highest BCUT2D eigenvalue weighted by Crippen LogP contribution is 2.68. The second kappa shape index (κ2) is 7.32. The van der Waals surface area contributed by atoms with E-state index in [1.165, 1.54) is 5.57 Å². The van der Waals surface area contributed by atoms with E-state index in [9.17, 15) is 9.90 Å². The molecule has 0 aromatic rings. The predicted molar refractivity (Wildman–Crippen MR) is 114 cm³/mol. The van der Waals surface area contributed by atoms with Gasteiger partial charge in [-0.1, -0.05) is 31.9 Å². The molecule has 6 nitrogen and oxygen atoms in total. The summed E-state index contributed by atoms with van der Waals surface area (Å²) >= 11 is 0. The van der Waals surface area contributed by atoms with Crippen LogP contribution in [0.1, 0.15) is 65.7 Å². The lowest BCUT2D eigenvalue weighted by Crippen LogP contribution is -2.64. The van der Waals surface area contributed by atoms with Crippen molar-refractivity contribution in [3.63, 3.8) is 0 Å². The molecule has 2 heterocycles. The number of carbonyl (C=O) groups is 1. The second-order valence-electron chi connectivity index (χ2n) is 10.4. The van der Waals surface area contributed by atoms with E-state index in [2.05, 4.69) is 19.9 Å². The van der Waals surface area contributed by atoms with Crippen molar-refractivity contribution in [2.45, 2.75) is 83.2 Å². The maximum atomic E-state index is 13.3. The van der Waals surface area contributed by atoms with Gasteiger partial charge in [0.25, 0.3) is 0 Å². The fourth-order valence-corrected chi connectivity index (χ4v) is 7.57. The third-order valence-electron chi connectivity index (χ3n) is 9.01. The fraction of sp³-hybridized carbons (Fsp3) is 0.800. The first kappa shape index (κ1) is 21.5. The summed E-state index contributed by atoms with van der Waals surface area (Å²) in [5.74, 6) is -0.749. The monoisotopic (exact) mass is 432 g/mol. The van der Waals surface area contributed by atoms with Gasteiger partial charge in [-0.2, -0.15) is 0 Å². The summed E-state index contributed by atoms with van der Waals surface area (Å²) in [5.41, 5.74) is -0.988. The van der Waals surface area contributed by atoms with Crippen molar-refractivity contribution in [3.05, 3.63) is 24.0 Å². The molecular formula is C25H36O6. The zero-order valence-corrected chi connectivity index (χ0v) is 19.0. The van der Waals surface area contributed by atoms with Crippen molar-refractivity contribution in [3.8, 4) is 0 Å². The Bertz CT molecular complexity index is 798. The molecule has 2 saturated heterocycles. The third-order valence-corrected chi connectivity index (χ3v) is 9.01. The summed E-state index contributed by atoms with van der Waals surface area (Å²) in [5, 5.41) is 12.3. The number of hydrogen-bond acceptors (Lipinski definition) is 6. The molecule has 0 aromatic carbocycles. The lowest BCUT2D eigenvalue weighted by molar-refractivity contribution is -0.197. The molecule has 0 aromatic heterocycles. The third kappa shape index (κ3) is 2.83. The van der Waals surface area contributed by atoms with Crippen LogP contribution in [-0.4, -0.2) is 48.4 Å². The Balaban J connectivity index is 1.57. The zero-order valence-electron chi connectivity index (χ0n) is 19.0. The molecule has 2 aliphatic heterocycles. The number of aliphatic hydroxyl groups is 1. The van der Waals surface area contributed by atoms with Crippen molar-refractivity contribution in [1.82, 2.24) is 0 Å². The molecule has 6 atom stereocenters. The molecule has 2 bridgehead atoms. The van der Waals surface area contributed by atoms with E-state index in [-0.39, 0.29) is 29.3 Å². The first-order valence-electron chi connectivity index (χ1n) is 12.0. The topological polar surface area (TPSA) is 74.2 Å². The predicted octanol–water partition coefficient (Wildman–Crippen LogP) is 3.88. The van der Waals surface area contributed by atoms with Crippen molar-refractivity contribution in [1.29, 1.82) is 0 Å². The van der Waals surface area contributed by atoms with Crippen molar-refractivity contribution in [2.24, 2.45) is 22.7 Å². The number of rotatable bonds is 5. The van der Waals surface area contributed by atoms with Crippen LogP contribution in [0.25, 0.3) is 0 Å². The van der Waals surface area contributed by atoms with E-state index in [0.29, 0.717) is 32.7 Å². The van der Waals surface area contributed by atoms with Crippen LogP contribution in [0.4, 0.5) is 0 Å². The maximum Gasteiger partial charge on any atom is 0.315 e. The van der Waals surface area contributed by atoms with Crippen molar-refractivity contribution >= 4 is 5.97 Å². The number of allylic oxidation sites excluding steroid dienone is 1. The molecule has 172 valence electrons. The van der Waals surface area contributed by atoms with Crippen molar-refractivity contribution in [2.75, 3.05) is 19.8 Å². The van der Waals surface area contributed by atoms with Gasteiger partial charge < -0.3 is 24.1 Å². The largest absolute Gasteiger partial charge is 0.502 e. The lowest BCUT2D eigenvalue weighted by Gasteiger charge is -2.60. The summed E-state index contributed by atoms with van der Waals surface area (Å²) in [6, 6.07) is 0. The molecule has 1 N–H and O–H groups in total. The average molecular weight is 433 g/mol. The molecule has 0 radical (unpaired) electrons. The highest BCUT2D eigenvalue weighted by atomic mass is 16.7. The zero-order chi connectivity index (χ0) is 21.9. The van der Waals surface area contributed by atoms with Crippen molar-refractivity contribution < 1.29 is 28.8 Å². The molecule has 2 saturated carbocycles. The molecule has 3 aliphatic carbocycles. The Hall–Kier alpha value is -1.37. The number of ether oxygens (including phenoxy) is 4. The van der Waals surface area contributed by atoms with Gasteiger partial charge in [0.2, 0.25) is 0 Å². The summed E-state index contributed by atoms with van der Waals surface area (Å²) in [6.07, 6.45) is 10.7. The summed E-state index contributed by atoms with van der Waals surface area (Å²) in [7, 11) is 0. The minimum absolute atomic E-state index is 0.0685. The van der Waals surface area contributed by atoms with Gasteiger partial charge in [0.05, 0.1) is 26.1 Å². The molecule has 0 amide bonds. The minimum atomic E-state index is -1.28. The van der Waals surface area contributed by atoms with Gasteiger partial charge in [0.15, 0.2) is 5.79 Å². The summed E-state index contributed by atoms with van der Waals surface area (Å²) < 4.78 is 23.6. The van der Waals surface area contributed by atoms with E-state index in [0.717, 1.165) is 32.1 Å². The van der Waals surface area contributed by atoms with Gasteiger partial charge in [0, 0.05) is 31.1 Å². The van der Waals surface area contributed by atoms with E-state index >= 15 is 0 Å². The van der Waals surface area contributed by atoms with Crippen LogP contribution in [0.15, 0.2) is 24.0 Å². The lowest BCUT2D eigenvalue weighted by atomic mass is 9.45. The molecule has 1 spiro atoms. The van der Waals surface area contributed by atoms with Gasteiger partial charge in [-0.3, -0.25) is 4.79 Å². The Kier molecular flexibility index (Phi) is 5.07. The first-order valence-corrected chi connectivity index (χ1v) is 12.0. The Morgan fingerprint density at radius 1 is 1.26 bits per heavy atom. The fourth-order valence-electron chi connectivity index (χ4n) is 7.57. The standard InChI is InChI=1S/C25H36O6/c1-4-8-23-16-19(31-21(23)26)20-18(25(23,27)11-12-28-5-2)7-6-17-15-24(29-13-14-30-24)10-9-22(17,20)3/h6,11-12,18-20,27H,4-5,7-10,13-16H2,1-3H3. The van der Waals surface area contributed by atoms with Crippen LogP contribution in [0, 0.1) is 22.7 Å². The smallest absolute Gasteiger partial charge is 0.315 e. The molecule has 5 rings (SSSR count). The van der Waals surface area contributed by atoms with Crippen LogP contribution >= 0.6 is 0 Å². The SMILES string of the molecule is CCCC12CC(OC1=O)C1C(CC=C3CC4(CCC31C)OCCO4)C2(O)C=COCC. The number of esters is 1. The van der Waals surface area contributed by atoms with Crippen LogP contribution in [-0.2, 0) is 23.7 Å². The quantitative estimate of drug-likeness (QED) is 0.404. The molecule has 6 heteroatoms. The number of hydrogen-bond donors (Lipinski definition) is 1. The number of fused-ring (bicyclic) bond motifs is 6. The van der Waals surface area contributed by atoms with E-state index in [1.54, 1.807) is 12.3 Å². The molecule has 5 aliphatic rings. The summed E-state index contributed by atoms with van der Waals surface area (Å²) in [4.78, 5) is 13.3. The number of carbonyl (C=O) groups excluding carboxylic acids is 1. The van der Waals surface area contributed by atoms with E-state index < -0.39 is 16.8 Å². The van der Waals surface area contributed by atoms with Gasteiger partial charge in [0.1, 0.15) is 17.1 Å². The Labute approximate surface area is 184 Å². The Morgan fingerprint density at radius 2 is 2.03 bits per heavy atom. The van der Waals surface area contributed by atoms with Crippen LogP contribution < -0.4 is 0 Å². The second-order valence-corrected chi connectivity index (χ2v) is 10.4. The molecule has 4 fully saturated rings. The molecule has 6 unspecified atom stereocenters. The average Bonchev–Trinajstić information content (AvgIpc) is 3.31. The van der Waals surface area contributed by atoms with Crippen LogP contribution in [0.2, 0.25) is 0 Å². The summed E-state index contributed by atoms with van der Waals surface area (Å²) in [6.45, 7) is 8.11. The van der Waals surface area contributed by atoms with Gasteiger partial charge >= 0.3 is 5.97 Å². The van der Waals surface area contributed by atoms with Gasteiger partial charge in [-0.25, -0.2) is 0 Å². The van der Waals surface area contributed by atoms with Gasteiger partial charge in [-0.05, 0) is 37.7 Å². The molecular weight excluding hydrogens is 396 g/mol. The van der Waals surface area contributed by atoms with E-state index in [4.69, 9.17) is 18.9 Å². The van der Waals surface area contributed by atoms with E-state index in [1.807, 2.05) is 6.92 Å². The molecule has 31 heavy (non-hydrogen) atoms. The minimum Gasteiger partial charge on any atom is -0.502 e. The van der Waals surface area contributed by atoms with Crippen LogP contribution in [0.5, 0.6) is 0 Å². The normalized spacial score (nSPS) is 45.4. The maximum absolute atomic E-state index is 13.3. The Morgan fingerprint density at radius 3 is 2.74 bits per heavy atom. The highest BCUT2D eigenvalue weighted by Gasteiger charge is 2.73.